The molecule has 11 heteroatoms. The Morgan fingerprint density at radius 2 is 1.71 bits per heavy atom. The van der Waals surface area contributed by atoms with Crippen LogP contribution in [-0.4, -0.2) is 26.3 Å². The third kappa shape index (κ3) is 4.99. The van der Waals surface area contributed by atoms with Crippen molar-refractivity contribution in [3.63, 3.8) is 0 Å². The molecule has 4 rings (SSSR count). The van der Waals surface area contributed by atoms with Gasteiger partial charge in [-0.3, -0.25) is 13.9 Å². The molecule has 35 heavy (non-hydrogen) atoms. The maximum Gasteiger partial charge on any atom is 0.416 e. The molecule has 0 radical (unpaired) electrons. The summed E-state index contributed by atoms with van der Waals surface area (Å²) in [5.41, 5.74) is 0.169. The molecule has 2 N–H and O–H groups in total. The summed E-state index contributed by atoms with van der Waals surface area (Å²) in [6, 6.07) is 14.8. The first-order valence-corrected chi connectivity index (χ1v) is 11.9. The van der Waals surface area contributed by atoms with E-state index in [1.165, 1.54) is 30.3 Å². The highest BCUT2D eigenvalue weighted by molar-refractivity contribution is 7.93. The fourth-order valence-electron chi connectivity index (χ4n) is 3.72. The fourth-order valence-corrected chi connectivity index (χ4v) is 5.35. The van der Waals surface area contributed by atoms with Gasteiger partial charge < -0.3 is 10.6 Å². The molecule has 0 saturated heterocycles. The van der Waals surface area contributed by atoms with E-state index in [4.69, 9.17) is 0 Å². The van der Waals surface area contributed by atoms with Crippen molar-refractivity contribution >= 4 is 38.9 Å². The average molecular weight is 504 g/mol. The van der Waals surface area contributed by atoms with E-state index in [0.29, 0.717) is 0 Å². The first-order valence-electron chi connectivity index (χ1n) is 10.4. The first-order chi connectivity index (χ1) is 16.5. The monoisotopic (exact) mass is 503 g/mol. The van der Waals surface area contributed by atoms with Gasteiger partial charge in [0.25, 0.3) is 10.0 Å². The maximum absolute atomic E-state index is 13.6. The van der Waals surface area contributed by atoms with Gasteiger partial charge in [-0.25, -0.2) is 8.42 Å². The van der Waals surface area contributed by atoms with Gasteiger partial charge in [0.2, 0.25) is 11.8 Å². The van der Waals surface area contributed by atoms with Gasteiger partial charge in [0, 0.05) is 5.69 Å². The zero-order chi connectivity index (χ0) is 25.4. The molecule has 3 aromatic carbocycles. The number of hydrogen-bond donors (Lipinski definition) is 2. The number of benzene rings is 3. The SMILES string of the molecule is Cc1ccc(S(=O)(=O)N2c3ccccc3NC(=O)C2CC(=O)Nc2cccc(C(F)(F)F)c2)cc1. The molecular formula is C24H20F3N3O4S. The van der Waals surface area contributed by atoms with Crippen molar-refractivity contribution in [3.05, 3.63) is 83.9 Å². The molecule has 0 saturated carbocycles. The Labute approximate surface area is 199 Å². The van der Waals surface area contributed by atoms with Crippen LogP contribution in [0, 0.1) is 6.92 Å². The molecule has 0 fully saturated rings. The molecule has 0 bridgehead atoms. The van der Waals surface area contributed by atoms with Gasteiger partial charge in [0.1, 0.15) is 6.04 Å². The molecule has 2 amide bonds. The molecule has 182 valence electrons. The normalized spacial score (nSPS) is 15.8. The third-order valence-electron chi connectivity index (χ3n) is 5.42. The summed E-state index contributed by atoms with van der Waals surface area (Å²) in [5, 5.41) is 4.92. The van der Waals surface area contributed by atoms with E-state index >= 15 is 0 Å². The summed E-state index contributed by atoms with van der Waals surface area (Å²) < 4.78 is 67.1. The number of aryl methyl sites for hydroxylation is 1. The minimum atomic E-state index is -4.60. The van der Waals surface area contributed by atoms with Crippen LogP contribution in [0.1, 0.15) is 17.5 Å². The quantitative estimate of drug-likeness (QED) is 0.534. The van der Waals surface area contributed by atoms with Crippen molar-refractivity contribution in [3.8, 4) is 0 Å². The number of nitrogens with one attached hydrogen (secondary N) is 2. The molecule has 7 nitrogen and oxygen atoms in total. The molecule has 0 aromatic heterocycles. The Balaban J connectivity index is 1.68. The van der Waals surface area contributed by atoms with Gasteiger partial charge >= 0.3 is 6.18 Å². The highest BCUT2D eigenvalue weighted by Crippen LogP contribution is 2.37. The van der Waals surface area contributed by atoms with Crippen LogP contribution in [-0.2, 0) is 25.8 Å². The van der Waals surface area contributed by atoms with Crippen LogP contribution < -0.4 is 14.9 Å². The van der Waals surface area contributed by atoms with Gasteiger partial charge in [0.05, 0.1) is 28.3 Å². The number of carbonyl (C=O) groups is 2. The first kappa shape index (κ1) is 24.3. The van der Waals surface area contributed by atoms with E-state index in [2.05, 4.69) is 10.6 Å². The van der Waals surface area contributed by atoms with E-state index in [0.717, 1.165) is 28.1 Å². The third-order valence-corrected chi connectivity index (χ3v) is 7.25. The second kappa shape index (κ2) is 9.06. The number of halogens is 3. The number of alkyl halides is 3. The van der Waals surface area contributed by atoms with Gasteiger partial charge in [-0.15, -0.1) is 0 Å². The average Bonchev–Trinajstić information content (AvgIpc) is 2.79. The predicted molar refractivity (Wildman–Crippen MR) is 124 cm³/mol. The minimum absolute atomic E-state index is 0.0733. The maximum atomic E-state index is 13.6. The molecule has 1 unspecified atom stereocenters. The summed E-state index contributed by atoms with van der Waals surface area (Å²) in [6.45, 7) is 1.79. The molecular weight excluding hydrogens is 483 g/mol. The van der Waals surface area contributed by atoms with Crippen molar-refractivity contribution in [1.82, 2.24) is 0 Å². The van der Waals surface area contributed by atoms with Gasteiger partial charge in [-0.05, 0) is 49.4 Å². The molecule has 1 aliphatic rings. The second-order valence-electron chi connectivity index (χ2n) is 7.97. The number of para-hydroxylation sites is 2. The van der Waals surface area contributed by atoms with Crippen molar-refractivity contribution in [1.29, 1.82) is 0 Å². The van der Waals surface area contributed by atoms with Crippen molar-refractivity contribution < 1.29 is 31.2 Å². The van der Waals surface area contributed by atoms with E-state index in [-0.39, 0.29) is 22.0 Å². The standard InChI is InChI=1S/C24H20F3N3O4S/c1-15-9-11-18(12-10-15)35(33,34)30-20-8-3-2-7-19(20)29-23(32)21(30)14-22(31)28-17-6-4-5-16(13-17)24(25,26)27/h2-13,21H,14H2,1H3,(H,28,31)(H,29,32). The van der Waals surface area contributed by atoms with Gasteiger partial charge in [-0.2, -0.15) is 13.2 Å². The number of rotatable bonds is 5. The van der Waals surface area contributed by atoms with Crippen LogP contribution in [0.25, 0.3) is 0 Å². The van der Waals surface area contributed by atoms with Crippen LogP contribution in [0.5, 0.6) is 0 Å². The number of carbonyl (C=O) groups excluding carboxylic acids is 2. The van der Waals surface area contributed by atoms with Crippen LogP contribution in [0.4, 0.5) is 30.2 Å². The van der Waals surface area contributed by atoms with E-state index in [1.54, 1.807) is 31.2 Å². The van der Waals surface area contributed by atoms with Crippen LogP contribution in [0.3, 0.4) is 0 Å². The lowest BCUT2D eigenvalue weighted by Gasteiger charge is -2.36. The van der Waals surface area contributed by atoms with Crippen molar-refractivity contribution in [2.45, 2.75) is 30.5 Å². The summed E-state index contributed by atoms with van der Waals surface area (Å²) >= 11 is 0. The molecule has 0 aliphatic carbocycles. The Bertz CT molecular complexity index is 1390. The molecule has 1 aliphatic heterocycles. The van der Waals surface area contributed by atoms with E-state index < -0.39 is 46.0 Å². The number of sulfonamides is 1. The van der Waals surface area contributed by atoms with Gasteiger partial charge in [0.15, 0.2) is 0 Å². The summed E-state index contributed by atoms with van der Waals surface area (Å²) in [7, 11) is -4.28. The summed E-state index contributed by atoms with van der Waals surface area (Å²) in [4.78, 5) is 25.6. The predicted octanol–water partition coefficient (Wildman–Crippen LogP) is 4.56. The Morgan fingerprint density at radius 3 is 2.40 bits per heavy atom. The van der Waals surface area contributed by atoms with Crippen molar-refractivity contribution in [2.75, 3.05) is 14.9 Å². The largest absolute Gasteiger partial charge is 0.416 e. The Kier molecular flexibility index (Phi) is 6.28. The summed E-state index contributed by atoms with van der Waals surface area (Å²) in [6.07, 6.45) is -5.23. The Hall–Kier alpha value is -3.86. The van der Waals surface area contributed by atoms with Gasteiger partial charge in [-0.1, -0.05) is 35.9 Å². The fraction of sp³-hybridized carbons (Fsp3) is 0.167. The number of amides is 2. The summed E-state index contributed by atoms with van der Waals surface area (Å²) in [5.74, 6) is -1.56. The van der Waals surface area contributed by atoms with E-state index in [9.17, 15) is 31.2 Å². The smallest absolute Gasteiger partial charge is 0.326 e. The number of anilines is 3. The van der Waals surface area contributed by atoms with Crippen molar-refractivity contribution in [2.24, 2.45) is 0 Å². The number of hydrogen-bond acceptors (Lipinski definition) is 4. The second-order valence-corrected chi connectivity index (χ2v) is 9.78. The van der Waals surface area contributed by atoms with E-state index in [1.807, 2.05) is 0 Å². The molecule has 3 aromatic rings. The lowest BCUT2D eigenvalue weighted by atomic mass is 10.1. The van der Waals surface area contributed by atoms with Crippen LogP contribution in [0.2, 0.25) is 0 Å². The lowest BCUT2D eigenvalue weighted by molar-refractivity contribution is -0.137. The topological polar surface area (TPSA) is 95.6 Å². The van der Waals surface area contributed by atoms with Crippen LogP contribution in [0.15, 0.2) is 77.7 Å². The Morgan fingerprint density at radius 1 is 1.03 bits per heavy atom. The highest BCUT2D eigenvalue weighted by Gasteiger charge is 2.42. The zero-order valence-electron chi connectivity index (χ0n) is 18.3. The number of nitrogens with zero attached hydrogens (tertiary/aromatic N) is 1. The highest BCUT2D eigenvalue weighted by atomic mass is 32.2. The zero-order valence-corrected chi connectivity index (χ0v) is 19.2. The van der Waals surface area contributed by atoms with Crippen LogP contribution >= 0.6 is 0 Å². The molecule has 1 heterocycles. The lowest BCUT2D eigenvalue weighted by Crippen LogP contribution is -2.52. The molecule has 1 atom stereocenters. The number of fused-ring (bicyclic) bond motifs is 1. The molecule has 0 spiro atoms. The minimum Gasteiger partial charge on any atom is -0.326 e.